The summed E-state index contributed by atoms with van der Waals surface area (Å²) in [5.74, 6) is -0.257. The van der Waals surface area contributed by atoms with Gasteiger partial charge in [-0.15, -0.1) is 0 Å². The number of allylic oxidation sites excluding steroid dienone is 5. The molecule has 0 radical (unpaired) electrons. The van der Waals surface area contributed by atoms with Crippen LogP contribution in [-0.2, 0) is 23.7 Å². The zero-order valence-electron chi connectivity index (χ0n) is 45.2. The molecule has 2 saturated heterocycles. The lowest BCUT2D eigenvalue weighted by Crippen LogP contribution is -2.65. The van der Waals surface area contributed by atoms with Crippen molar-refractivity contribution >= 4 is 5.91 Å². The van der Waals surface area contributed by atoms with Gasteiger partial charge in [0.05, 0.1) is 32.0 Å². The molecule has 14 nitrogen and oxygen atoms in total. The highest BCUT2D eigenvalue weighted by Crippen LogP contribution is 2.30. The molecule has 2 fully saturated rings. The fraction of sp³-hybridized carbons (Fsp3) is 0.879. The molecule has 72 heavy (non-hydrogen) atoms. The van der Waals surface area contributed by atoms with E-state index >= 15 is 0 Å². The number of hydrogen-bond donors (Lipinski definition) is 9. The number of aliphatic hydroxyl groups is 8. The molecule has 0 bridgehead atoms. The smallest absolute Gasteiger partial charge is 0.220 e. The van der Waals surface area contributed by atoms with Crippen LogP contribution in [-0.4, -0.2) is 140 Å². The normalized spacial score (nSPS) is 25.8. The van der Waals surface area contributed by atoms with E-state index in [0.29, 0.717) is 12.8 Å². The van der Waals surface area contributed by atoms with Gasteiger partial charge in [-0.05, 0) is 44.9 Å². The molecule has 2 rings (SSSR count). The van der Waals surface area contributed by atoms with Crippen molar-refractivity contribution in [3.63, 3.8) is 0 Å². The van der Waals surface area contributed by atoms with E-state index in [1.807, 2.05) is 6.08 Å². The molecule has 0 aromatic carbocycles. The van der Waals surface area contributed by atoms with E-state index in [1.165, 1.54) is 154 Å². The fourth-order valence-corrected chi connectivity index (χ4v) is 9.56. The average Bonchev–Trinajstić information content (AvgIpc) is 3.38. The molecule has 0 aliphatic carbocycles. The molecule has 0 aromatic rings. The van der Waals surface area contributed by atoms with Crippen LogP contribution in [0.4, 0.5) is 0 Å². The van der Waals surface area contributed by atoms with Crippen LogP contribution < -0.4 is 5.32 Å². The van der Waals surface area contributed by atoms with Crippen LogP contribution in [0.5, 0.6) is 0 Å². The van der Waals surface area contributed by atoms with Crippen molar-refractivity contribution in [1.29, 1.82) is 0 Å². The van der Waals surface area contributed by atoms with Crippen LogP contribution in [0.2, 0.25) is 0 Å². The number of aliphatic hydroxyl groups excluding tert-OH is 8. The predicted molar refractivity (Wildman–Crippen MR) is 286 cm³/mol. The topological polar surface area (TPSA) is 228 Å². The number of nitrogens with one attached hydrogen (secondary N) is 1. The summed E-state index contributed by atoms with van der Waals surface area (Å²) in [6.45, 7) is 2.75. The first-order valence-electron chi connectivity index (χ1n) is 29.2. The molecule has 0 saturated carbocycles. The fourth-order valence-electron chi connectivity index (χ4n) is 9.56. The van der Waals surface area contributed by atoms with Crippen molar-refractivity contribution in [3.8, 4) is 0 Å². The number of unbranched alkanes of at least 4 members (excludes halogenated alkanes) is 29. The zero-order valence-corrected chi connectivity index (χ0v) is 45.2. The number of amides is 1. The average molecular weight is 1030 g/mol. The largest absolute Gasteiger partial charge is 0.394 e. The van der Waals surface area contributed by atoms with Gasteiger partial charge in [-0.3, -0.25) is 4.79 Å². The quantitative estimate of drug-likeness (QED) is 0.0205. The molecule has 2 aliphatic rings. The summed E-state index contributed by atoms with van der Waals surface area (Å²) >= 11 is 0. The summed E-state index contributed by atoms with van der Waals surface area (Å²) < 4.78 is 22.7. The maximum absolute atomic E-state index is 13.1. The highest BCUT2D eigenvalue weighted by Gasteiger charge is 2.51. The lowest BCUT2D eigenvalue weighted by molar-refractivity contribution is -0.359. The number of carbonyl (C=O) groups excluding carboxylic acids is 1. The molecule has 2 aliphatic heterocycles. The Balaban J connectivity index is 1.71. The second kappa shape index (κ2) is 44.3. The van der Waals surface area contributed by atoms with Crippen molar-refractivity contribution in [1.82, 2.24) is 5.32 Å². The Kier molecular flexibility index (Phi) is 40.9. The number of rotatable bonds is 46. The van der Waals surface area contributed by atoms with Crippen LogP contribution in [0.25, 0.3) is 0 Å². The maximum atomic E-state index is 13.1. The molecule has 0 spiro atoms. The van der Waals surface area contributed by atoms with E-state index in [4.69, 9.17) is 18.9 Å². The summed E-state index contributed by atoms with van der Waals surface area (Å²) in [6.07, 6.45) is 36.6. The molecule has 2 heterocycles. The Bertz CT molecular complexity index is 1350. The third kappa shape index (κ3) is 30.1. The molecule has 0 aromatic heterocycles. The van der Waals surface area contributed by atoms with Gasteiger partial charge in [0, 0.05) is 6.42 Å². The predicted octanol–water partition coefficient (Wildman–Crippen LogP) is 9.44. The zero-order chi connectivity index (χ0) is 52.4. The van der Waals surface area contributed by atoms with Gasteiger partial charge in [-0.2, -0.15) is 0 Å². The Morgan fingerprint density at radius 1 is 0.486 bits per heavy atom. The first-order chi connectivity index (χ1) is 35.1. The van der Waals surface area contributed by atoms with Crippen LogP contribution in [0.3, 0.4) is 0 Å². The summed E-state index contributed by atoms with van der Waals surface area (Å²) in [5, 5.41) is 86.7. The summed E-state index contributed by atoms with van der Waals surface area (Å²) in [7, 11) is 0. The van der Waals surface area contributed by atoms with Crippen molar-refractivity contribution in [2.75, 3.05) is 19.8 Å². The molecule has 12 atom stereocenters. The molecule has 9 N–H and O–H groups in total. The van der Waals surface area contributed by atoms with Crippen LogP contribution in [0.1, 0.15) is 232 Å². The highest BCUT2D eigenvalue weighted by atomic mass is 16.7. The SMILES string of the molecule is CCCCCCCCCCCCCCCCCCCCC/C=C/CC/C=C/CC/C=C/C(O)C(COC1OC(CO)C(OC2OC(CO)C(O)C(O)C2O)C(O)C1O)NC(=O)CCCCCCCCCCC. The van der Waals surface area contributed by atoms with Gasteiger partial charge in [0.15, 0.2) is 12.6 Å². The van der Waals surface area contributed by atoms with Crippen molar-refractivity contribution in [2.45, 2.75) is 306 Å². The summed E-state index contributed by atoms with van der Waals surface area (Å²) in [5.41, 5.74) is 0. The Labute approximate surface area is 436 Å². The molecular weight excluding hydrogens is 919 g/mol. The van der Waals surface area contributed by atoms with Gasteiger partial charge in [-0.25, -0.2) is 0 Å². The maximum Gasteiger partial charge on any atom is 0.220 e. The first kappa shape index (κ1) is 66.3. The second-order valence-corrected chi connectivity index (χ2v) is 20.8. The second-order valence-electron chi connectivity index (χ2n) is 20.8. The Morgan fingerprint density at radius 2 is 0.889 bits per heavy atom. The monoisotopic (exact) mass is 1030 g/mol. The number of carbonyl (C=O) groups is 1. The molecule has 1 amide bonds. The summed E-state index contributed by atoms with van der Waals surface area (Å²) in [6, 6.07) is -0.933. The molecule has 422 valence electrons. The number of hydrogen-bond acceptors (Lipinski definition) is 13. The molecule has 14 heteroatoms. The highest BCUT2D eigenvalue weighted by molar-refractivity contribution is 5.76. The Hall–Kier alpha value is -1.79. The van der Waals surface area contributed by atoms with Gasteiger partial charge in [0.2, 0.25) is 5.91 Å². The van der Waals surface area contributed by atoms with Crippen LogP contribution >= 0.6 is 0 Å². The summed E-state index contributed by atoms with van der Waals surface area (Å²) in [4.78, 5) is 13.1. The number of ether oxygens (including phenoxy) is 4. The van der Waals surface area contributed by atoms with Crippen LogP contribution in [0.15, 0.2) is 36.5 Å². The third-order valence-corrected chi connectivity index (χ3v) is 14.3. The van der Waals surface area contributed by atoms with Crippen molar-refractivity contribution in [3.05, 3.63) is 36.5 Å². The van der Waals surface area contributed by atoms with Gasteiger partial charge < -0.3 is 65.1 Å². The minimum absolute atomic E-state index is 0.257. The molecular formula is C58H107NO13. The van der Waals surface area contributed by atoms with Crippen molar-refractivity contribution < 1.29 is 64.6 Å². The van der Waals surface area contributed by atoms with Gasteiger partial charge in [0.1, 0.15) is 48.8 Å². The lowest BCUT2D eigenvalue weighted by Gasteiger charge is -2.46. The van der Waals surface area contributed by atoms with Crippen LogP contribution in [0, 0.1) is 0 Å². The minimum Gasteiger partial charge on any atom is -0.394 e. The van der Waals surface area contributed by atoms with Gasteiger partial charge in [-0.1, -0.05) is 217 Å². The standard InChI is InChI=1S/C58H107NO13/c1-3-5-7-9-11-13-14-15-16-17-18-19-20-21-22-23-24-25-26-27-28-29-30-31-32-34-35-37-39-41-47(62)46(59-50(63)42-40-38-36-33-12-10-8-6-4-2)45-69-57-55(68)53(66)56(49(44-61)71-57)72-58-54(67)52(65)51(64)48(43-60)70-58/h28-29,32,34,39,41,46-49,51-58,60-62,64-68H,3-27,30-31,33,35-38,40,42-45H2,1-2H3,(H,59,63)/b29-28+,34-32+,41-39+. The molecule has 12 unspecified atom stereocenters. The first-order valence-corrected chi connectivity index (χ1v) is 29.2. The van der Waals surface area contributed by atoms with E-state index < -0.39 is 86.8 Å². The van der Waals surface area contributed by atoms with E-state index in [0.717, 1.165) is 44.9 Å². The van der Waals surface area contributed by atoms with E-state index in [-0.39, 0.29) is 18.9 Å². The third-order valence-electron chi connectivity index (χ3n) is 14.3. The Morgan fingerprint density at radius 3 is 1.36 bits per heavy atom. The van der Waals surface area contributed by atoms with E-state index in [9.17, 15) is 45.6 Å². The minimum atomic E-state index is -1.79. The van der Waals surface area contributed by atoms with E-state index in [2.05, 4.69) is 43.5 Å². The van der Waals surface area contributed by atoms with Crippen molar-refractivity contribution in [2.24, 2.45) is 0 Å². The lowest BCUT2D eigenvalue weighted by atomic mass is 9.97. The van der Waals surface area contributed by atoms with Gasteiger partial charge >= 0.3 is 0 Å². The van der Waals surface area contributed by atoms with Gasteiger partial charge in [0.25, 0.3) is 0 Å². The van der Waals surface area contributed by atoms with E-state index in [1.54, 1.807) is 6.08 Å².